The third-order valence-electron chi connectivity index (χ3n) is 4.16. The summed E-state index contributed by atoms with van der Waals surface area (Å²) in [5.74, 6) is 0. The van der Waals surface area contributed by atoms with Crippen LogP contribution >= 0.6 is 0 Å². The van der Waals surface area contributed by atoms with E-state index in [2.05, 4.69) is 47.2 Å². The highest BCUT2D eigenvalue weighted by molar-refractivity contribution is 5.52. The maximum absolute atomic E-state index is 2.61. The molecule has 1 saturated heterocycles. The predicted octanol–water partition coefficient (Wildman–Crippen LogP) is 0.659. The zero-order valence-electron chi connectivity index (χ0n) is 11.2. The van der Waals surface area contributed by atoms with Crippen LogP contribution in [0.3, 0.4) is 0 Å². The van der Waals surface area contributed by atoms with E-state index in [0.29, 0.717) is 0 Å². The van der Waals surface area contributed by atoms with Crippen LogP contribution in [0.15, 0.2) is 24.3 Å². The SMILES string of the molecule is CN1CCN(CC2=c3ccccc3=CCC2)CC1. The molecule has 0 spiro atoms. The van der Waals surface area contributed by atoms with Crippen molar-refractivity contribution in [3.63, 3.8) is 0 Å². The van der Waals surface area contributed by atoms with Gasteiger partial charge in [-0.15, -0.1) is 0 Å². The van der Waals surface area contributed by atoms with Gasteiger partial charge >= 0.3 is 0 Å². The van der Waals surface area contributed by atoms with E-state index in [1.165, 1.54) is 56.0 Å². The third kappa shape index (κ3) is 2.50. The van der Waals surface area contributed by atoms with Crippen molar-refractivity contribution >= 4 is 11.6 Å². The minimum absolute atomic E-state index is 1.17. The molecular formula is C16H22N2. The van der Waals surface area contributed by atoms with Crippen LogP contribution in [-0.4, -0.2) is 49.6 Å². The van der Waals surface area contributed by atoms with Gasteiger partial charge in [-0.25, -0.2) is 0 Å². The molecule has 0 amide bonds. The fourth-order valence-corrected chi connectivity index (χ4v) is 2.97. The molecular weight excluding hydrogens is 220 g/mol. The Morgan fingerprint density at radius 2 is 1.83 bits per heavy atom. The molecule has 0 bridgehead atoms. The molecule has 96 valence electrons. The number of hydrogen-bond donors (Lipinski definition) is 0. The van der Waals surface area contributed by atoms with Crippen LogP contribution < -0.4 is 10.4 Å². The molecule has 0 atom stereocenters. The quantitative estimate of drug-likeness (QED) is 0.752. The van der Waals surface area contributed by atoms with E-state index in [4.69, 9.17) is 0 Å². The molecule has 0 radical (unpaired) electrons. The zero-order chi connectivity index (χ0) is 12.4. The van der Waals surface area contributed by atoms with Crippen molar-refractivity contribution in [3.8, 4) is 0 Å². The second-order valence-electron chi connectivity index (χ2n) is 5.51. The van der Waals surface area contributed by atoms with E-state index in [9.17, 15) is 0 Å². The lowest BCUT2D eigenvalue weighted by molar-refractivity contribution is 0.167. The van der Waals surface area contributed by atoms with E-state index < -0.39 is 0 Å². The second-order valence-corrected chi connectivity index (χ2v) is 5.51. The summed E-state index contributed by atoms with van der Waals surface area (Å²) in [4.78, 5) is 5.03. The number of fused-ring (bicyclic) bond motifs is 1. The van der Waals surface area contributed by atoms with Crippen molar-refractivity contribution in [1.82, 2.24) is 9.80 Å². The molecule has 1 fully saturated rings. The average molecular weight is 242 g/mol. The monoisotopic (exact) mass is 242 g/mol. The van der Waals surface area contributed by atoms with Crippen LogP contribution in [0.25, 0.3) is 11.6 Å². The maximum Gasteiger partial charge on any atom is 0.0203 e. The van der Waals surface area contributed by atoms with Gasteiger partial charge in [-0.1, -0.05) is 30.3 Å². The van der Waals surface area contributed by atoms with Crippen molar-refractivity contribution in [2.24, 2.45) is 0 Å². The van der Waals surface area contributed by atoms with Crippen molar-refractivity contribution in [3.05, 3.63) is 34.7 Å². The molecule has 18 heavy (non-hydrogen) atoms. The summed E-state index contributed by atoms with van der Waals surface area (Å²) in [5, 5.41) is 2.93. The Kier molecular flexibility index (Phi) is 3.48. The Bertz CT molecular complexity index is 524. The normalized spacial score (nSPS) is 21.5. The van der Waals surface area contributed by atoms with Gasteiger partial charge in [0.1, 0.15) is 0 Å². The fraction of sp³-hybridized carbons (Fsp3) is 0.500. The van der Waals surface area contributed by atoms with Gasteiger partial charge in [-0.2, -0.15) is 0 Å². The van der Waals surface area contributed by atoms with Crippen molar-refractivity contribution < 1.29 is 0 Å². The topological polar surface area (TPSA) is 6.48 Å². The summed E-state index contributed by atoms with van der Waals surface area (Å²) in [6.07, 6.45) is 4.83. The summed E-state index contributed by atoms with van der Waals surface area (Å²) >= 11 is 0. The zero-order valence-corrected chi connectivity index (χ0v) is 11.2. The lowest BCUT2D eigenvalue weighted by Gasteiger charge is -2.33. The number of likely N-dealkylation sites (N-methyl/N-ethyl adjacent to an activating group) is 1. The first-order valence-electron chi connectivity index (χ1n) is 7.01. The van der Waals surface area contributed by atoms with E-state index in [-0.39, 0.29) is 0 Å². The standard InChI is InChI=1S/C16H22N2/c1-17-9-11-18(12-10-17)13-15-7-4-6-14-5-2-3-8-16(14)15/h2-3,5-6,8H,4,7,9-13H2,1H3. The van der Waals surface area contributed by atoms with Crippen molar-refractivity contribution in [1.29, 1.82) is 0 Å². The van der Waals surface area contributed by atoms with Gasteiger partial charge in [0.2, 0.25) is 0 Å². The summed E-state index contributed by atoms with van der Waals surface area (Å²) in [6.45, 7) is 6.01. The van der Waals surface area contributed by atoms with Crippen LogP contribution in [0.2, 0.25) is 0 Å². The lowest BCUT2D eigenvalue weighted by atomic mass is 9.99. The highest BCUT2D eigenvalue weighted by Crippen LogP contribution is 2.11. The van der Waals surface area contributed by atoms with Gasteiger partial charge < -0.3 is 4.90 Å². The Labute approximate surface area is 109 Å². The lowest BCUT2D eigenvalue weighted by Crippen LogP contribution is -2.46. The molecule has 0 saturated carbocycles. The van der Waals surface area contributed by atoms with Gasteiger partial charge in [-0.05, 0) is 35.9 Å². The minimum atomic E-state index is 1.17. The van der Waals surface area contributed by atoms with Crippen LogP contribution in [-0.2, 0) is 0 Å². The number of nitrogens with zero attached hydrogens (tertiary/aromatic N) is 2. The van der Waals surface area contributed by atoms with Gasteiger partial charge in [0.25, 0.3) is 0 Å². The Morgan fingerprint density at radius 1 is 1.06 bits per heavy atom. The van der Waals surface area contributed by atoms with Crippen molar-refractivity contribution in [2.45, 2.75) is 12.8 Å². The second kappa shape index (κ2) is 5.25. The maximum atomic E-state index is 2.61. The van der Waals surface area contributed by atoms with Gasteiger partial charge in [0.15, 0.2) is 0 Å². The van der Waals surface area contributed by atoms with Gasteiger partial charge in [-0.3, -0.25) is 4.90 Å². The van der Waals surface area contributed by atoms with Crippen LogP contribution in [0.4, 0.5) is 0 Å². The van der Waals surface area contributed by atoms with Crippen LogP contribution in [0.1, 0.15) is 12.8 Å². The Morgan fingerprint density at radius 3 is 2.67 bits per heavy atom. The van der Waals surface area contributed by atoms with E-state index in [1.54, 1.807) is 5.57 Å². The van der Waals surface area contributed by atoms with Gasteiger partial charge in [0.05, 0.1) is 0 Å². The van der Waals surface area contributed by atoms with Crippen LogP contribution in [0.5, 0.6) is 0 Å². The number of rotatable bonds is 2. The number of hydrogen-bond acceptors (Lipinski definition) is 2. The Balaban J connectivity index is 1.83. The largest absolute Gasteiger partial charge is 0.304 e. The summed E-state index contributed by atoms with van der Waals surface area (Å²) in [7, 11) is 2.22. The fourth-order valence-electron chi connectivity index (χ4n) is 2.97. The molecule has 0 aromatic heterocycles. The minimum Gasteiger partial charge on any atom is -0.304 e. The molecule has 1 aromatic rings. The highest BCUT2D eigenvalue weighted by atomic mass is 15.2. The molecule has 1 heterocycles. The van der Waals surface area contributed by atoms with E-state index >= 15 is 0 Å². The predicted molar refractivity (Wildman–Crippen MR) is 76.7 cm³/mol. The summed E-state index contributed by atoms with van der Waals surface area (Å²) < 4.78 is 0. The van der Waals surface area contributed by atoms with E-state index in [0.717, 1.165) is 0 Å². The number of benzene rings is 1. The highest BCUT2D eigenvalue weighted by Gasteiger charge is 2.15. The molecule has 1 aliphatic heterocycles. The molecule has 1 aromatic carbocycles. The molecule has 1 aliphatic carbocycles. The molecule has 2 aliphatic rings. The van der Waals surface area contributed by atoms with Crippen LogP contribution in [0, 0.1) is 0 Å². The summed E-state index contributed by atoms with van der Waals surface area (Å²) in [6, 6.07) is 8.85. The molecule has 0 N–H and O–H groups in total. The van der Waals surface area contributed by atoms with E-state index in [1.807, 2.05) is 0 Å². The first-order valence-corrected chi connectivity index (χ1v) is 7.01. The Hall–Kier alpha value is -1.12. The molecule has 3 rings (SSSR count). The average Bonchev–Trinajstić information content (AvgIpc) is 2.42. The smallest absolute Gasteiger partial charge is 0.0203 e. The first-order chi connectivity index (χ1) is 8.83. The number of piperazine rings is 1. The molecule has 2 nitrogen and oxygen atoms in total. The summed E-state index contributed by atoms with van der Waals surface area (Å²) in [5.41, 5.74) is 1.64. The third-order valence-corrected chi connectivity index (χ3v) is 4.16. The van der Waals surface area contributed by atoms with Gasteiger partial charge in [0, 0.05) is 32.7 Å². The molecule has 2 heteroatoms. The molecule has 0 unspecified atom stereocenters. The van der Waals surface area contributed by atoms with Crippen molar-refractivity contribution in [2.75, 3.05) is 39.8 Å². The first kappa shape index (κ1) is 11.9.